The van der Waals surface area contributed by atoms with Gasteiger partial charge in [-0.1, -0.05) is 146 Å². The van der Waals surface area contributed by atoms with Crippen molar-refractivity contribution < 1.29 is 76.3 Å². The van der Waals surface area contributed by atoms with Gasteiger partial charge >= 0.3 is 47.8 Å². The van der Waals surface area contributed by atoms with Crippen LogP contribution in [0.5, 0.6) is 0 Å². The average molecular weight is 1380 g/mol. The van der Waals surface area contributed by atoms with Gasteiger partial charge in [0.15, 0.2) is 0 Å². The summed E-state index contributed by atoms with van der Waals surface area (Å²) in [7, 11) is 0. The van der Waals surface area contributed by atoms with Crippen molar-refractivity contribution in [2.45, 2.75) is 303 Å². The smallest absolute Gasteiger partial charge is 0.333 e. The summed E-state index contributed by atoms with van der Waals surface area (Å²) >= 11 is 1.64. The fourth-order valence-electron chi connectivity index (χ4n) is 12.8. The van der Waals surface area contributed by atoms with E-state index >= 15 is 0 Å². The molecule has 0 saturated heterocycles. The monoisotopic (exact) mass is 1370 g/mol. The summed E-state index contributed by atoms with van der Waals surface area (Å²) in [5.74, 6) is -3.09. The molecule has 0 radical (unpaired) electrons. The maximum absolute atomic E-state index is 12.7. The predicted octanol–water partition coefficient (Wildman–Crippen LogP) is 18.8. The molecular formula is C81H114O16S. The predicted molar refractivity (Wildman–Crippen MR) is 384 cm³/mol. The van der Waals surface area contributed by atoms with Gasteiger partial charge in [0.25, 0.3) is 0 Å². The lowest BCUT2D eigenvalue weighted by Gasteiger charge is -2.38. The van der Waals surface area contributed by atoms with Crippen molar-refractivity contribution in [3.63, 3.8) is 0 Å². The Morgan fingerprint density at radius 1 is 0.408 bits per heavy atom. The molecule has 4 aliphatic rings. The highest BCUT2D eigenvalue weighted by Gasteiger charge is 2.43. The number of hydrogen-bond acceptors (Lipinski definition) is 17. The largest absolute Gasteiger partial charge is 0.458 e. The van der Waals surface area contributed by atoms with Gasteiger partial charge in [0.1, 0.15) is 46.8 Å². The van der Waals surface area contributed by atoms with Crippen LogP contribution in [0, 0.1) is 13.8 Å². The molecule has 4 fully saturated rings. The van der Waals surface area contributed by atoms with E-state index in [1.54, 1.807) is 39.0 Å². The van der Waals surface area contributed by atoms with Crippen molar-refractivity contribution in [3.8, 4) is 0 Å². The molecule has 16 nitrogen and oxygen atoms in total. The Bertz CT molecular complexity index is 3160. The number of benzene rings is 2. The van der Waals surface area contributed by atoms with Crippen LogP contribution in [0.3, 0.4) is 0 Å². The van der Waals surface area contributed by atoms with Crippen molar-refractivity contribution in [2.24, 2.45) is 0 Å². The van der Waals surface area contributed by atoms with Crippen molar-refractivity contribution >= 4 is 59.1 Å². The van der Waals surface area contributed by atoms with Crippen molar-refractivity contribution in [1.29, 1.82) is 0 Å². The van der Waals surface area contributed by atoms with Gasteiger partial charge in [-0.2, -0.15) is 0 Å². The van der Waals surface area contributed by atoms with E-state index in [0.717, 1.165) is 135 Å². The minimum atomic E-state index is -0.558. The van der Waals surface area contributed by atoms with E-state index in [-0.39, 0.29) is 49.6 Å². The minimum Gasteiger partial charge on any atom is -0.458 e. The molecule has 540 valence electrons. The normalized spacial score (nSPS) is 17.5. The van der Waals surface area contributed by atoms with Crippen LogP contribution >= 0.6 is 11.3 Å². The molecule has 0 N–H and O–H groups in total. The van der Waals surface area contributed by atoms with E-state index in [4.69, 9.17) is 37.9 Å². The molecule has 7 rings (SSSR count). The fraction of sp³-hybridized carbons (Fsp3) is 0.580. The van der Waals surface area contributed by atoms with Crippen LogP contribution in [0.4, 0.5) is 0 Å². The number of rotatable bonds is 28. The number of aryl methyl sites for hydroxylation is 2. The summed E-state index contributed by atoms with van der Waals surface area (Å²) in [5, 5.41) is 2.02. The molecule has 0 aliphatic heterocycles. The lowest BCUT2D eigenvalue weighted by atomic mass is 9.78. The average Bonchev–Trinajstić information content (AvgIpc) is 0.874. The van der Waals surface area contributed by atoms with E-state index < -0.39 is 70.7 Å². The highest BCUT2D eigenvalue weighted by Crippen LogP contribution is 2.45. The van der Waals surface area contributed by atoms with E-state index in [1.807, 2.05) is 89.4 Å². The quantitative estimate of drug-likeness (QED) is 0.0286. The highest BCUT2D eigenvalue weighted by atomic mass is 32.1. The Kier molecular flexibility index (Phi) is 34.9. The molecular weight excluding hydrogens is 1260 g/mol. The first-order chi connectivity index (χ1) is 46.5. The van der Waals surface area contributed by atoms with Crippen LogP contribution in [0.25, 0.3) is 0 Å². The molecule has 0 spiro atoms. The van der Waals surface area contributed by atoms with Gasteiger partial charge in [0, 0.05) is 27.2 Å². The number of carbonyl (C=O) groups excluding carboxylic acids is 8. The van der Waals surface area contributed by atoms with E-state index in [9.17, 15) is 38.4 Å². The summed E-state index contributed by atoms with van der Waals surface area (Å²) in [4.78, 5) is 97.9. The molecule has 3 aromatic rings. The first-order valence-corrected chi connectivity index (χ1v) is 36.6. The topological polar surface area (TPSA) is 210 Å². The van der Waals surface area contributed by atoms with Gasteiger partial charge in [0.05, 0.1) is 25.7 Å². The lowest BCUT2D eigenvalue weighted by Crippen LogP contribution is -2.39. The second kappa shape index (κ2) is 41.2. The zero-order valence-electron chi connectivity index (χ0n) is 60.9. The summed E-state index contributed by atoms with van der Waals surface area (Å²) < 4.78 is 45.1. The number of thiophene rings is 1. The molecule has 4 aliphatic carbocycles. The van der Waals surface area contributed by atoms with E-state index in [2.05, 4.69) is 58.0 Å². The van der Waals surface area contributed by atoms with Gasteiger partial charge in [-0.05, 0) is 211 Å². The first kappa shape index (κ1) is 83.0. The lowest BCUT2D eigenvalue weighted by molar-refractivity contribution is -0.171. The molecule has 4 unspecified atom stereocenters. The molecule has 4 atom stereocenters. The fourth-order valence-corrected chi connectivity index (χ4v) is 13.7. The Hall–Kier alpha value is -7.40. The standard InChI is InChI=1S/2C22H30O4.C19H26O4S.C18H28O4/c1-5-18(25-21(24)16(2)3)15-20(23)26-22(13-9-6-10-14-22)19-12-8-7-11-17(19)4;1-5-19(25-21(24)16(2)3)15-20(23)26-22(12-7-6-8-13-22)18-11-9-10-17(4)14-18;1-4-15(22-18(21)14(2)3)13-17(20)23-19(10-6-5-7-11-19)16-9-8-12-24-16;1-6-15(21-17(20)13(2)3)12-16(19)22-18(14(4)5)10-8-7-9-11-18/h7-8,11-12,18H,2,5-6,9-10,13-15H2,1,3-4H3;9-11,14,19H,2,5-8,12-13,15H2,1,3-4H3;8-9,12,15H,2,4-7,10-11,13H2,1,3H3;15H,2,4,6-12H2,1,3,5H3. The Morgan fingerprint density at radius 2 is 0.755 bits per heavy atom. The maximum atomic E-state index is 12.7. The van der Waals surface area contributed by atoms with Gasteiger partial charge in [-0.15, -0.1) is 11.3 Å². The Balaban J connectivity index is 0.000000278. The third-order valence-corrected chi connectivity index (χ3v) is 19.8. The van der Waals surface area contributed by atoms with Crippen LogP contribution in [0.1, 0.15) is 269 Å². The maximum Gasteiger partial charge on any atom is 0.333 e. The first-order valence-electron chi connectivity index (χ1n) is 35.7. The van der Waals surface area contributed by atoms with Gasteiger partial charge in [-0.3, -0.25) is 19.2 Å². The third-order valence-electron chi connectivity index (χ3n) is 18.7. The molecule has 2 aromatic carbocycles. The Labute approximate surface area is 589 Å². The molecule has 98 heavy (non-hydrogen) atoms. The second-order valence-corrected chi connectivity index (χ2v) is 28.2. The Morgan fingerprint density at radius 3 is 1.10 bits per heavy atom. The van der Waals surface area contributed by atoms with Crippen LogP contribution in [-0.2, 0) is 93.1 Å². The summed E-state index contributed by atoms with van der Waals surface area (Å²) in [6, 6.07) is 20.4. The SMILES string of the molecule is C=C(C)C(=O)OC(CC)CC(=O)OC1(C(=C)C)CCCCC1.C=C(C)C(=O)OC(CC)CC(=O)OC1(c2cccc(C)c2)CCCCC1.C=C(C)C(=O)OC(CC)CC(=O)OC1(c2ccccc2C)CCCCC1.C=C(C)C(=O)OC(CC)CC(=O)OC1(c2cccs2)CCCCC1. The van der Waals surface area contributed by atoms with E-state index in [1.165, 1.54) is 25.7 Å². The van der Waals surface area contributed by atoms with Gasteiger partial charge in [-0.25, -0.2) is 19.2 Å². The number of esters is 8. The third kappa shape index (κ3) is 26.4. The zero-order chi connectivity index (χ0) is 72.6. The van der Waals surface area contributed by atoms with Crippen molar-refractivity contribution in [2.75, 3.05) is 0 Å². The molecule has 0 bridgehead atoms. The van der Waals surface area contributed by atoms with Crippen LogP contribution in [0.2, 0.25) is 0 Å². The van der Waals surface area contributed by atoms with Crippen LogP contribution < -0.4 is 0 Å². The zero-order valence-corrected chi connectivity index (χ0v) is 61.8. The summed E-state index contributed by atoms with van der Waals surface area (Å²) in [6.45, 7) is 38.2. The second-order valence-electron chi connectivity index (χ2n) is 27.2. The van der Waals surface area contributed by atoms with E-state index in [0.29, 0.717) is 48.0 Å². The highest BCUT2D eigenvalue weighted by molar-refractivity contribution is 7.10. The molecule has 17 heteroatoms. The van der Waals surface area contributed by atoms with Crippen molar-refractivity contribution in [3.05, 3.63) is 154 Å². The van der Waals surface area contributed by atoms with Gasteiger partial charge < -0.3 is 37.9 Å². The summed E-state index contributed by atoms with van der Waals surface area (Å²) in [5.41, 5.74) is 4.54. The summed E-state index contributed by atoms with van der Waals surface area (Å²) in [6.07, 6.45) is 20.5. The number of hydrogen-bond donors (Lipinski definition) is 0. The number of carbonyl (C=O) groups is 8. The molecule has 1 heterocycles. The van der Waals surface area contributed by atoms with Gasteiger partial charge in [0.2, 0.25) is 0 Å². The van der Waals surface area contributed by atoms with Crippen LogP contribution in [-0.4, -0.2) is 77.8 Å². The van der Waals surface area contributed by atoms with Crippen LogP contribution in [0.15, 0.2) is 127 Å². The molecule has 4 saturated carbocycles. The molecule has 1 aromatic heterocycles. The molecule has 0 amide bonds. The minimum absolute atomic E-state index is 0.0725. The number of ether oxygens (including phenoxy) is 8. The van der Waals surface area contributed by atoms with Crippen molar-refractivity contribution in [1.82, 2.24) is 0 Å².